The molecule has 2 aliphatic heterocycles. The third-order valence-electron chi connectivity index (χ3n) is 6.91. The molecule has 42 heavy (non-hydrogen) atoms. The molecule has 1 atom stereocenters. The van der Waals surface area contributed by atoms with Gasteiger partial charge in [-0.3, -0.25) is 9.79 Å². The van der Waals surface area contributed by atoms with Crippen molar-refractivity contribution >= 4 is 27.8 Å². The molecule has 2 heterocycles. The minimum Gasteiger partial charge on any atom is -0.493 e. The van der Waals surface area contributed by atoms with Crippen LogP contribution in [0.3, 0.4) is 0 Å². The van der Waals surface area contributed by atoms with E-state index in [1.165, 1.54) is 10.4 Å². The highest BCUT2D eigenvalue weighted by Gasteiger charge is 2.47. The molecule has 2 aromatic rings. The lowest BCUT2D eigenvalue weighted by atomic mass is 9.89. The van der Waals surface area contributed by atoms with Crippen LogP contribution >= 0.6 is 0 Å². The Labute approximate surface area is 239 Å². The van der Waals surface area contributed by atoms with Crippen molar-refractivity contribution in [2.75, 3.05) is 26.3 Å². The lowest BCUT2D eigenvalue weighted by molar-refractivity contribution is -0.275. The number of amidine groups is 1. The van der Waals surface area contributed by atoms with Gasteiger partial charge in [0.05, 0.1) is 19.3 Å². The molecule has 4 rings (SSSR count). The van der Waals surface area contributed by atoms with E-state index in [-0.39, 0.29) is 57.0 Å². The third kappa shape index (κ3) is 7.45. The molecule has 0 radical (unpaired) electrons. The number of ether oxygens (including phenoxy) is 2. The summed E-state index contributed by atoms with van der Waals surface area (Å²) in [6.07, 6.45) is -4.23. The second-order valence-corrected chi connectivity index (χ2v) is 11.7. The van der Waals surface area contributed by atoms with Gasteiger partial charge in [0, 0.05) is 30.5 Å². The Morgan fingerprint density at radius 2 is 1.90 bits per heavy atom. The molecule has 1 amide bonds. The zero-order chi connectivity index (χ0) is 30.7. The Morgan fingerprint density at radius 3 is 2.55 bits per heavy atom. The van der Waals surface area contributed by atoms with Crippen molar-refractivity contribution in [3.63, 3.8) is 0 Å². The van der Waals surface area contributed by atoms with E-state index in [0.717, 1.165) is 29.2 Å². The molecule has 0 aromatic heterocycles. The van der Waals surface area contributed by atoms with Crippen LogP contribution in [0.5, 0.6) is 11.5 Å². The Bertz CT molecular complexity index is 1490. The maximum absolute atomic E-state index is 13.8. The number of aliphatic hydroxyl groups is 2. The van der Waals surface area contributed by atoms with E-state index in [2.05, 4.69) is 15.0 Å². The van der Waals surface area contributed by atoms with Crippen molar-refractivity contribution in [1.82, 2.24) is 9.62 Å². The summed E-state index contributed by atoms with van der Waals surface area (Å²) in [6.45, 7) is 1.55. The number of aliphatic imine (C=N–C) groups is 1. The quantitative estimate of drug-likeness (QED) is 0.350. The summed E-state index contributed by atoms with van der Waals surface area (Å²) >= 11 is 0. The van der Waals surface area contributed by atoms with Crippen molar-refractivity contribution < 1.29 is 50.5 Å². The fourth-order valence-electron chi connectivity index (χ4n) is 4.53. The van der Waals surface area contributed by atoms with Gasteiger partial charge in [-0.2, -0.15) is 4.31 Å². The van der Waals surface area contributed by atoms with E-state index in [4.69, 9.17) is 9.84 Å². The van der Waals surface area contributed by atoms with E-state index < -0.39 is 45.5 Å². The molecule has 1 fully saturated rings. The molecular weight excluding hydrogens is 586 g/mol. The van der Waals surface area contributed by atoms with E-state index in [1.807, 2.05) is 0 Å². The smallest absolute Gasteiger partial charge is 0.493 e. The first-order valence-electron chi connectivity index (χ1n) is 12.9. The van der Waals surface area contributed by atoms with Gasteiger partial charge in [0.15, 0.2) is 11.6 Å². The van der Waals surface area contributed by atoms with Crippen LogP contribution in [0.2, 0.25) is 0 Å². The van der Waals surface area contributed by atoms with Crippen LogP contribution in [-0.2, 0) is 14.8 Å². The molecule has 0 aliphatic carbocycles. The number of rotatable bonds is 10. The van der Waals surface area contributed by atoms with Gasteiger partial charge in [-0.25, -0.2) is 12.8 Å². The molecule has 1 unspecified atom stereocenters. The van der Waals surface area contributed by atoms with E-state index in [0.29, 0.717) is 11.3 Å². The van der Waals surface area contributed by atoms with E-state index in [9.17, 15) is 35.9 Å². The molecule has 228 valence electrons. The van der Waals surface area contributed by atoms with E-state index in [1.54, 1.807) is 25.1 Å². The highest BCUT2D eigenvalue weighted by atomic mass is 32.2. The average Bonchev–Trinajstić information content (AvgIpc) is 3.23. The number of hydrogen-bond donors (Lipinski definition) is 3. The Hall–Kier alpha value is -3.53. The van der Waals surface area contributed by atoms with Gasteiger partial charge in [-0.05, 0) is 67.3 Å². The van der Waals surface area contributed by atoms with Crippen LogP contribution < -0.4 is 14.8 Å². The number of carbonyl (C=O) groups excluding carboxylic acids is 1. The molecule has 15 heteroatoms. The topological polar surface area (TPSA) is 138 Å². The molecule has 0 saturated carbocycles. The third-order valence-corrected chi connectivity index (χ3v) is 8.48. The summed E-state index contributed by atoms with van der Waals surface area (Å²) < 4.78 is 88.1. The normalized spacial score (nSPS) is 18.3. The Balaban J connectivity index is 1.40. The SMILES string of the molecule is Cc1cc(OCCC(O)CO)ccc1/C=C/S(=O)(=O)N1CCC2(CC1)N=C(c1ccc(F)c(OC(F)(F)F)c1)NC2=O. The minimum atomic E-state index is -5.11. The molecule has 10 nitrogen and oxygen atoms in total. The number of nitrogens with zero attached hydrogens (tertiary/aromatic N) is 2. The fourth-order valence-corrected chi connectivity index (χ4v) is 5.71. The number of aryl methyl sites for hydroxylation is 1. The summed E-state index contributed by atoms with van der Waals surface area (Å²) in [5.74, 6) is -2.37. The standard InChI is InChI=1S/C27H29F4N3O7S/c1-17-14-21(40-12-6-20(36)16-35)4-2-18(17)7-13-42(38,39)34-10-8-26(9-11-34)25(37)32-24(33-26)19-3-5-22(28)23(15-19)41-27(29,30)31/h2-5,7,13-15,20,35-36H,6,8-12,16H2,1H3,(H,32,33,37)/b13-7+. The van der Waals surface area contributed by atoms with Crippen LogP contribution in [-0.4, -0.2) is 79.0 Å². The number of alkyl halides is 3. The van der Waals surface area contributed by atoms with Crippen molar-refractivity contribution in [2.45, 2.75) is 44.2 Å². The number of sulfonamides is 1. The second-order valence-electron chi connectivity index (χ2n) is 9.88. The maximum Gasteiger partial charge on any atom is 0.573 e. The van der Waals surface area contributed by atoms with Crippen LogP contribution in [0.4, 0.5) is 17.6 Å². The monoisotopic (exact) mass is 615 g/mol. The number of benzene rings is 2. The van der Waals surface area contributed by atoms with Crippen molar-refractivity contribution in [2.24, 2.45) is 4.99 Å². The predicted molar refractivity (Wildman–Crippen MR) is 144 cm³/mol. The van der Waals surface area contributed by atoms with Gasteiger partial charge in [-0.1, -0.05) is 6.07 Å². The molecular formula is C27H29F4N3O7S. The fraction of sp³-hybridized carbons (Fsp3) is 0.407. The number of carbonyl (C=O) groups is 1. The molecule has 2 aromatic carbocycles. The summed E-state index contributed by atoms with van der Waals surface area (Å²) in [4.78, 5) is 17.2. The summed E-state index contributed by atoms with van der Waals surface area (Å²) in [5, 5.41) is 21.8. The predicted octanol–water partition coefficient (Wildman–Crippen LogP) is 2.87. The van der Waals surface area contributed by atoms with Gasteiger partial charge in [0.1, 0.15) is 17.1 Å². The van der Waals surface area contributed by atoms with Crippen LogP contribution in [0.25, 0.3) is 6.08 Å². The van der Waals surface area contributed by atoms with Gasteiger partial charge < -0.3 is 25.0 Å². The van der Waals surface area contributed by atoms with Gasteiger partial charge >= 0.3 is 6.36 Å². The van der Waals surface area contributed by atoms with Crippen molar-refractivity contribution in [3.8, 4) is 11.5 Å². The average molecular weight is 616 g/mol. The number of piperidine rings is 1. The lowest BCUT2D eigenvalue weighted by Crippen LogP contribution is -2.50. The first-order chi connectivity index (χ1) is 19.7. The first kappa shape index (κ1) is 31.4. The molecule has 1 spiro atoms. The number of hydrogen-bond acceptors (Lipinski definition) is 8. The summed E-state index contributed by atoms with van der Waals surface area (Å²) in [7, 11) is -3.87. The zero-order valence-electron chi connectivity index (χ0n) is 22.4. The summed E-state index contributed by atoms with van der Waals surface area (Å²) in [6, 6.07) is 7.77. The highest BCUT2D eigenvalue weighted by Crippen LogP contribution is 2.34. The molecule has 1 saturated heterocycles. The van der Waals surface area contributed by atoms with Crippen molar-refractivity contribution in [1.29, 1.82) is 0 Å². The molecule has 3 N–H and O–H groups in total. The number of nitrogens with one attached hydrogen (secondary N) is 1. The second kappa shape index (κ2) is 12.4. The van der Waals surface area contributed by atoms with Crippen LogP contribution in [0.1, 0.15) is 36.0 Å². The zero-order valence-corrected chi connectivity index (χ0v) is 23.2. The Kier molecular flexibility index (Phi) is 9.25. The van der Waals surface area contributed by atoms with Crippen LogP contribution in [0.15, 0.2) is 46.8 Å². The number of aliphatic hydroxyl groups excluding tert-OH is 2. The van der Waals surface area contributed by atoms with Gasteiger partial charge in [-0.15, -0.1) is 13.2 Å². The number of amides is 1. The Morgan fingerprint density at radius 1 is 1.19 bits per heavy atom. The van der Waals surface area contributed by atoms with Crippen molar-refractivity contribution in [3.05, 3.63) is 64.3 Å². The largest absolute Gasteiger partial charge is 0.573 e. The van der Waals surface area contributed by atoms with Crippen LogP contribution in [0, 0.1) is 12.7 Å². The maximum atomic E-state index is 13.8. The van der Waals surface area contributed by atoms with E-state index >= 15 is 0 Å². The molecule has 2 aliphatic rings. The number of halogens is 4. The summed E-state index contributed by atoms with van der Waals surface area (Å²) in [5.41, 5.74) is 0.0681. The van der Waals surface area contributed by atoms with Gasteiger partial charge in [0.25, 0.3) is 5.91 Å². The first-order valence-corrected chi connectivity index (χ1v) is 14.4. The van der Waals surface area contributed by atoms with Gasteiger partial charge in [0.2, 0.25) is 10.0 Å². The lowest BCUT2D eigenvalue weighted by Gasteiger charge is -2.34. The molecule has 0 bridgehead atoms. The minimum absolute atomic E-state index is 0.00778. The highest BCUT2D eigenvalue weighted by molar-refractivity contribution is 7.92.